The zero-order valence-electron chi connectivity index (χ0n) is 7.67. The van der Waals surface area contributed by atoms with Crippen LogP contribution in [-0.2, 0) is 0 Å². The van der Waals surface area contributed by atoms with E-state index in [0.717, 1.165) is 0 Å². The first-order chi connectivity index (χ1) is 6.02. The van der Waals surface area contributed by atoms with E-state index in [1.807, 2.05) is 13.8 Å². The average molecular weight is 198 g/mol. The molecule has 0 amide bonds. The van der Waals surface area contributed by atoms with Gasteiger partial charge in [-0.1, -0.05) is 25.4 Å². The van der Waals surface area contributed by atoms with Crippen molar-refractivity contribution < 1.29 is 4.79 Å². The fourth-order valence-corrected chi connectivity index (χ4v) is 1.22. The molecule has 0 bridgehead atoms. The van der Waals surface area contributed by atoms with Crippen LogP contribution in [0.4, 0.5) is 5.69 Å². The van der Waals surface area contributed by atoms with E-state index in [1.54, 1.807) is 18.2 Å². The largest absolute Gasteiger partial charge is 0.398 e. The highest BCUT2D eigenvalue weighted by molar-refractivity contribution is 6.31. The summed E-state index contributed by atoms with van der Waals surface area (Å²) in [5.41, 5.74) is 6.65. The summed E-state index contributed by atoms with van der Waals surface area (Å²) in [6.07, 6.45) is 0. The zero-order valence-corrected chi connectivity index (χ0v) is 8.43. The Labute approximate surface area is 82.7 Å². The minimum absolute atomic E-state index is 0.0278. The van der Waals surface area contributed by atoms with E-state index in [9.17, 15) is 4.79 Å². The van der Waals surface area contributed by atoms with Crippen molar-refractivity contribution in [1.29, 1.82) is 0 Å². The molecule has 0 fully saturated rings. The smallest absolute Gasteiger partial charge is 0.167 e. The van der Waals surface area contributed by atoms with E-state index >= 15 is 0 Å². The highest BCUT2D eigenvalue weighted by Crippen LogP contribution is 2.20. The summed E-state index contributed by atoms with van der Waals surface area (Å²) >= 11 is 5.76. The lowest BCUT2D eigenvalue weighted by Crippen LogP contribution is -2.10. The van der Waals surface area contributed by atoms with Crippen molar-refractivity contribution in [2.75, 3.05) is 5.73 Å². The van der Waals surface area contributed by atoms with Crippen molar-refractivity contribution in [3.63, 3.8) is 0 Å². The number of anilines is 1. The molecular formula is C10H12ClNO. The predicted molar refractivity (Wildman–Crippen MR) is 55.0 cm³/mol. The Bertz CT molecular complexity index is 334. The predicted octanol–water partition coefficient (Wildman–Crippen LogP) is 2.76. The maximum absolute atomic E-state index is 11.6. The average Bonchev–Trinajstić information content (AvgIpc) is 2.08. The van der Waals surface area contributed by atoms with Crippen LogP contribution in [0, 0.1) is 5.92 Å². The molecule has 0 saturated heterocycles. The first-order valence-electron chi connectivity index (χ1n) is 4.11. The number of carbonyl (C=O) groups excluding carboxylic acids is 1. The van der Waals surface area contributed by atoms with Crippen LogP contribution < -0.4 is 5.73 Å². The molecule has 0 aliphatic heterocycles. The molecule has 0 unspecified atom stereocenters. The second-order valence-corrected chi connectivity index (χ2v) is 3.69. The first kappa shape index (κ1) is 10.1. The Morgan fingerprint density at radius 1 is 1.46 bits per heavy atom. The molecular weight excluding hydrogens is 186 g/mol. The highest BCUT2D eigenvalue weighted by atomic mass is 35.5. The molecule has 0 saturated carbocycles. The third kappa shape index (κ3) is 2.22. The number of rotatable bonds is 2. The van der Waals surface area contributed by atoms with Crippen LogP contribution in [0.1, 0.15) is 24.2 Å². The quantitative estimate of drug-likeness (QED) is 0.585. The normalized spacial score (nSPS) is 10.5. The highest BCUT2D eigenvalue weighted by Gasteiger charge is 2.13. The number of nitrogen functional groups attached to an aromatic ring is 1. The molecule has 0 aromatic heterocycles. The first-order valence-corrected chi connectivity index (χ1v) is 4.49. The van der Waals surface area contributed by atoms with Gasteiger partial charge in [0.05, 0.1) is 0 Å². The number of hydrogen-bond acceptors (Lipinski definition) is 2. The summed E-state index contributed by atoms with van der Waals surface area (Å²) in [6.45, 7) is 3.67. The lowest BCUT2D eigenvalue weighted by molar-refractivity contribution is 0.0940. The standard InChI is InChI=1S/C10H12ClNO/c1-6(2)10(13)8-5-7(11)3-4-9(8)12/h3-6H,12H2,1-2H3. The van der Waals surface area contributed by atoms with Gasteiger partial charge in [-0.05, 0) is 18.2 Å². The van der Waals surface area contributed by atoms with E-state index in [1.165, 1.54) is 0 Å². The van der Waals surface area contributed by atoms with Crippen molar-refractivity contribution in [2.45, 2.75) is 13.8 Å². The molecule has 2 N–H and O–H groups in total. The van der Waals surface area contributed by atoms with Gasteiger partial charge in [-0.2, -0.15) is 0 Å². The summed E-state index contributed by atoms with van der Waals surface area (Å²) in [5, 5.41) is 0.540. The molecule has 2 nitrogen and oxygen atoms in total. The Hall–Kier alpha value is -1.02. The fourth-order valence-electron chi connectivity index (χ4n) is 1.05. The van der Waals surface area contributed by atoms with E-state index in [0.29, 0.717) is 16.3 Å². The molecule has 0 aliphatic carbocycles. The summed E-state index contributed by atoms with van der Waals surface area (Å²) in [6, 6.07) is 4.94. The summed E-state index contributed by atoms with van der Waals surface area (Å²) in [4.78, 5) is 11.6. The summed E-state index contributed by atoms with van der Waals surface area (Å²) in [7, 11) is 0. The van der Waals surface area contributed by atoms with E-state index in [4.69, 9.17) is 17.3 Å². The molecule has 0 radical (unpaired) electrons. The van der Waals surface area contributed by atoms with Crippen LogP contribution >= 0.6 is 11.6 Å². The second-order valence-electron chi connectivity index (χ2n) is 3.25. The number of halogens is 1. The van der Waals surface area contributed by atoms with E-state index in [2.05, 4.69) is 0 Å². The maximum Gasteiger partial charge on any atom is 0.167 e. The molecule has 0 atom stereocenters. The minimum atomic E-state index is -0.0548. The van der Waals surface area contributed by atoms with Crippen LogP contribution in [0.15, 0.2) is 18.2 Å². The van der Waals surface area contributed by atoms with Gasteiger partial charge < -0.3 is 5.73 Å². The topological polar surface area (TPSA) is 43.1 Å². The van der Waals surface area contributed by atoms with Gasteiger partial charge in [0.2, 0.25) is 0 Å². The van der Waals surface area contributed by atoms with Gasteiger partial charge in [0, 0.05) is 22.2 Å². The van der Waals surface area contributed by atoms with Crippen LogP contribution in [0.25, 0.3) is 0 Å². The van der Waals surface area contributed by atoms with Crippen molar-refractivity contribution in [3.05, 3.63) is 28.8 Å². The number of carbonyl (C=O) groups is 1. The van der Waals surface area contributed by atoms with E-state index in [-0.39, 0.29) is 11.7 Å². The third-order valence-corrected chi connectivity index (χ3v) is 2.04. The Morgan fingerprint density at radius 2 is 2.08 bits per heavy atom. The lowest BCUT2D eigenvalue weighted by atomic mass is 10.00. The fraction of sp³-hybridized carbons (Fsp3) is 0.300. The molecule has 1 aromatic rings. The van der Waals surface area contributed by atoms with Gasteiger partial charge in [-0.25, -0.2) is 0 Å². The van der Waals surface area contributed by atoms with Gasteiger partial charge >= 0.3 is 0 Å². The van der Waals surface area contributed by atoms with E-state index < -0.39 is 0 Å². The van der Waals surface area contributed by atoms with Crippen LogP contribution in [0.3, 0.4) is 0 Å². The Balaban J connectivity index is 3.13. The van der Waals surface area contributed by atoms with Crippen molar-refractivity contribution >= 4 is 23.1 Å². The SMILES string of the molecule is CC(C)C(=O)c1cc(Cl)ccc1N. The van der Waals surface area contributed by atoms with Gasteiger partial charge in [0.1, 0.15) is 0 Å². The summed E-state index contributed by atoms with van der Waals surface area (Å²) in [5.74, 6) is -0.0271. The van der Waals surface area contributed by atoms with Gasteiger partial charge in [0.25, 0.3) is 0 Å². The van der Waals surface area contributed by atoms with Gasteiger partial charge in [-0.3, -0.25) is 4.79 Å². The molecule has 70 valence electrons. The number of benzene rings is 1. The van der Waals surface area contributed by atoms with Crippen LogP contribution in [0.2, 0.25) is 5.02 Å². The van der Waals surface area contributed by atoms with Crippen LogP contribution in [0.5, 0.6) is 0 Å². The van der Waals surface area contributed by atoms with Crippen LogP contribution in [-0.4, -0.2) is 5.78 Å². The summed E-state index contributed by atoms with van der Waals surface area (Å²) < 4.78 is 0. The molecule has 1 rings (SSSR count). The molecule has 0 spiro atoms. The maximum atomic E-state index is 11.6. The minimum Gasteiger partial charge on any atom is -0.398 e. The number of hydrogen-bond donors (Lipinski definition) is 1. The van der Waals surface area contributed by atoms with Crippen molar-refractivity contribution in [3.8, 4) is 0 Å². The lowest BCUT2D eigenvalue weighted by Gasteiger charge is -2.07. The Kier molecular flexibility index (Phi) is 2.94. The molecule has 1 aromatic carbocycles. The molecule has 0 aliphatic rings. The van der Waals surface area contributed by atoms with Gasteiger partial charge in [-0.15, -0.1) is 0 Å². The second kappa shape index (κ2) is 3.79. The van der Waals surface area contributed by atoms with Gasteiger partial charge in [0.15, 0.2) is 5.78 Å². The van der Waals surface area contributed by atoms with Crippen molar-refractivity contribution in [1.82, 2.24) is 0 Å². The molecule has 13 heavy (non-hydrogen) atoms. The number of nitrogens with two attached hydrogens (primary N) is 1. The number of ketones is 1. The number of Topliss-reactive ketones (excluding diaryl/α,β-unsaturated/α-hetero) is 1. The third-order valence-electron chi connectivity index (χ3n) is 1.81. The monoisotopic (exact) mass is 197 g/mol. The molecule has 0 heterocycles. The van der Waals surface area contributed by atoms with Crippen molar-refractivity contribution in [2.24, 2.45) is 5.92 Å². The molecule has 3 heteroatoms. The zero-order chi connectivity index (χ0) is 10.0. The Morgan fingerprint density at radius 3 is 2.62 bits per heavy atom.